The van der Waals surface area contributed by atoms with Crippen LogP contribution in [0, 0.1) is 11.8 Å². The lowest BCUT2D eigenvalue weighted by molar-refractivity contribution is 0.421. The molecular weight excluding hydrogens is 216 g/mol. The van der Waals surface area contributed by atoms with Crippen LogP contribution in [0.15, 0.2) is 72.8 Å². The molecule has 0 aliphatic heterocycles. The molecule has 0 radical (unpaired) electrons. The molecule has 0 aromatic heterocycles. The fraction of sp³-hybridized carbons (Fsp3) is 0.222. The number of hydrogen-bond donors (Lipinski definition) is 0. The first-order chi connectivity index (χ1) is 8.92. The fourth-order valence-electron chi connectivity index (χ4n) is 2.64. The van der Waals surface area contributed by atoms with Gasteiger partial charge in [-0.2, -0.15) is 0 Å². The van der Waals surface area contributed by atoms with E-state index in [0.29, 0.717) is 11.8 Å². The van der Waals surface area contributed by atoms with Crippen LogP contribution in [-0.2, 0) is 12.8 Å². The molecule has 2 atom stereocenters. The molecule has 0 nitrogen and oxygen atoms in total. The standard InChI is InChI=1S/C18H18/c1-3-7-15(8-4-1)13-17-11-12-18(17)14-16-9-5-2-6-10-16/h1-12,17-18H,13-14H2. The molecule has 0 fully saturated rings. The zero-order chi connectivity index (χ0) is 12.2. The van der Waals surface area contributed by atoms with E-state index < -0.39 is 0 Å². The van der Waals surface area contributed by atoms with Crippen LogP contribution in [0.2, 0.25) is 0 Å². The summed E-state index contributed by atoms with van der Waals surface area (Å²) in [5, 5.41) is 0. The monoisotopic (exact) mass is 234 g/mol. The minimum atomic E-state index is 0.715. The fourth-order valence-corrected chi connectivity index (χ4v) is 2.64. The Balaban J connectivity index is 1.61. The average molecular weight is 234 g/mol. The smallest absolute Gasteiger partial charge is 0.0127 e. The average Bonchev–Trinajstić information content (AvgIpc) is 2.43. The second-order valence-corrected chi connectivity index (χ2v) is 5.09. The second kappa shape index (κ2) is 5.22. The molecule has 0 amide bonds. The van der Waals surface area contributed by atoms with Gasteiger partial charge in [-0.1, -0.05) is 72.8 Å². The summed E-state index contributed by atoms with van der Waals surface area (Å²) >= 11 is 0. The zero-order valence-corrected chi connectivity index (χ0v) is 10.5. The van der Waals surface area contributed by atoms with E-state index in [4.69, 9.17) is 0 Å². The Morgan fingerprint density at radius 3 is 1.28 bits per heavy atom. The molecule has 0 N–H and O–H groups in total. The maximum absolute atomic E-state index is 2.36. The van der Waals surface area contributed by atoms with Crippen LogP contribution in [0.1, 0.15) is 11.1 Å². The highest BCUT2D eigenvalue weighted by atomic mass is 14.3. The van der Waals surface area contributed by atoms with Crippen LogP contribution in [0.3, 0.4) is 0 Å². The molecule has 1 aliphatic carbocycles. The first-order valence-corrected chi connectivity index (χ1v) is 6.68. The van der Waals surface area contributed by atoms with Gasteiger partial charge in [-0.25, -0.2) is 0 Å². The molecule has 3 rings (SSSR count). The SMILES string of the molecule is C1=CC(Cc2ccccc2)C1Cc1ccccc1. The Morgan fingerprint density at radius 1 is 0.556 bits per heavy atom. The summed E-state index contributed by atoms with van der Waals surface area (Å²) < 4.78 is 0. The van der Waals surface area contributed by atoms with Gasteiger partial charge in [0, 0.05) is 0 Å². The van der Waals surface area contributed by atoms with Gasteiger partial charge in [-0.05, 0) is 35.8 Å². The Labute approximate surface area is 109 Å². The predicted octanol–water partition coefficient (Wildman–Crippen LogP) is 4.27. The van der Waals surface area contributed by atoms with Crippen LogP contribution < -0.4 is 0 Å². The Kier molecular flexibility index (Phi) is 3.27. The van der Waals surface area contributed by atoms with Crippen LogP contribution in [0.5, 0.6) is 0 Å². The maximum Gasteiger partial charge on any atom is -0.0127 e. The molecule has 0 saturated carbocycles. The molecule has 2 aromatic rings. The highest BCUT2D eigenvalue weighted by Gasteiger charge is 2.24. The number of benzene rings is 2. The summed E-state index contributed by atoms with van der Waals surface area (Å²) in [6, 6.07) is 21.6. The Morgan fingerprint density at radius 2 is 0.944 bits per heavy atom. The quantitative estimate of drug-likeness (QED) is 0.693. The topological polar surface area (TPSA) is 0 Å². The van der Waals surface area contributed by atoms with E-state index in [9.17, 15) is 0 Å². The molecule has 90 valence electrons. The maximum atomic E-state index is 2.36. The third-order valence-corrected chi connectivity index (χ3v) is 3.78. The van der Waals surface area contributed by atoms with Gasteiger partial charge >= 0.3 is 0 Å². The van der Waals surface area contributed by atoms with Crippen molar-refractivity contribution in [3.05, 3.63) is 83.9 Å². The largest absolute Gasteiger partial charge is 0.0842 e. The lowest BCUT2D eigenvalue weighted by atomic mass is 9.75. The molecule has 18 heavy (non-hydrogen) atoms. The van der Waals surface area contributed by atoms with E-state index in [0.717, 1.165) is 0 Å². The molecule has 1 aliphatic rings. The van der Waals surface area contributed by atoms with Crippen molar-refractivity contribution in [3.63, 3.8) is 0 Å². The number of allylic oxidation sites excluding steroid dienone is 2. The van der Waals surface area contributed by atoms with Gasteiger partial charge in [-0.3, -0.25) is 0 Å². The van der Waals surface area contributed by atoms with E-state index in [-0.39, 0.29) is 0 Å². The van der Waals surface area contributed by atoms with Crippen molar-refractivity contribution in [2.45, 2.75) is 12.8 Å². The molecule has 0 spiro atoms. The lowest BCUT2D eigenvalue weighted by Crippen LogP contribution is -2.23. The number of hydrogen-bond acceptors (Lipinski definition) is 0. The summed E-state index contributed by atoms with van der Waals surface area (Å²) in [6.45, 7) is 0. The Hall–Kier alpha value is -1.82. The molecule has 0 bridgehead atoms. The van der Waals surface area contributed by atoms with Crippen molar-refractivity contribution in [2.24, 2.45) is 11.8 Å². The van der Waals surface area contributed by atoms with E-state index >= 15 is 0 Å². The second-order valence-electron chi connectivity index (χ2n) is 5.09. The van der Waals surface area contributed by atoms with Gasteiger partial charge < -0.3 is 0 Å². The molecular formula is C18H18. The van der Waals surface area contributed by atoms with Gasteiger partial charge in [0.2, 0.25) is 0 Å². The first kappa shape index (κ1) is 11.3. The summed E-state index contributed by atoms with van der Waals surface area (Å²) in [4.78, 5) is 0. The lowest BCUT2D eigenvalue weighted by Gasteiger charge is -2.29. The minimum absolute atomic E-state index is 0.715. The van der Waals surface area contributed by atoms with E-state index in [1.165, 1.54) is 24.0 Å². The third-order valence-electron chi connectivity index (χ3n) is 3.78. The minimum Gasteiger partial charge on any atom is -0.0842 e. The van der Waals surface area contributed by atoms with Crippen LogP contribution >= 0.6 is 0 Å². The zero-order valence-electron chi connectivity index (χ0n) is 10.5. The van der Waals surface area contributed by atoms with Crippen LogP contribution in [0.4, 0.5) is 0 Å². The van der Waals surface area contributed by atoms with Gasteiger partial charge in [0.05, 0.1) is 0 Å². The van der Waals surface area contributed by atoms with Gasteiger partial charge in [-0.15, -0.1) is 0 Å². The van der Waals surface area contributed by atoms with Crippen LogP contribution in [0.25, 0.3) is 0 Å². The highest BCUT2D eigenvalue weighted by molar-refractivity contribution is 5.23. The van der Waals surface area contributed by atoms with Crippen molar-refractivity contribution in [1.29, 1.82) is 0 Å². The van der Waals surface area contributed by atoms with E-state index in [1.54, 1.807) is 0 Å². The molecule has 2 aromatic carbocycles. The van der Waals surface area contributed by atoms with Crippen LogP contribution in [-0.4, -0.2) is 0 Å². The highest BCUT2D eigenvalue weighted by Crippen LogP contribution is 2.31. The third kappa shape index (κ3) is 2.53. The molecule has 0 saturated heterocycles. The summed E-state index contributed by atoms with van der Waals surface area (Å²) in [5.41, 5.74) is 2.90. The summed E-state index contributed by atoms with van der Waals surface area (Å²) in [5.74, 6) is 1.43. The van der Waals surface area contributed by atoms with Crippen molar-refractivity contribution in [3.8, 4) is 0 Å². The summed E-state index contributed by atoms with van der Waals surface area (Å²) in [6.07, 6.45) is 7.07. The van der Waals surface area contributed by atoms with E-state index in [1.807, 2.05) is 0 Å². The number of rotatable bonds is 4. The van der Waals surface area contributed by atoms with Gasteiger partial charge in [0.1, 0.15) is 0 Å². The first-order valence-electron chi connectivity index (χ1n) is 6.68. The molecule has 0 heteroatoms. The summed E-state index contributed by atoms with van der Waals surface area (Å²) in [7, 11) is 0. The van der Waals surface area contributed by atoms with Crippen molar-refractivity contribution >= 4 is 0 Å². The van der Waals surface area contributed by atoms with Gasteiger partial charge in [0.25, 0.3) is 0 Å². The van der Waals surface area contributed by atoms with Gasteiger partial charge in [0.15, 0.2) is 0 Å². The van der Waals surface area contributed by atoms with E-state index in [2.05, 4.69) is 72.8 Å². The Bertz CT molecular complexity index is 461. The van der Waals surface area contributed by atoms with Crippen molar-refractivity contribution < 1.29 is 0 Å². The molecule has 2 unspecified atom stereocenters. The van der Waals surface area contributed by atoms with Crippen molar-refractivity contribution in [1.82, 2.24) is 0 Å². The van der Waals surface area contributed by atoms with Crippen molar-refractivity contribution in [2.75, 3.05) is 0 Å². The molecule has 0 heterocycles. The predicted molar refractivity (Wildman–Crippen MR) is 76.4 cm³/mol. The normalized spacial score (nSPS) is 21.6.